The van der Waals surface area contributed by atoms with Crippen molar-refractivity contribution < 1.29 is 4.79 Å². The van der Waals surface area contributed by atoms with Gasteiger partial charge in [0.15, 0.2) is 5.65 Å². The summed E-state index contributed by atoms with van der Waals surface area (Å²) in [5.41, 5.74) is 3.45. The van der Waals surface area contributed by atoms with Gasteiger partial charge < -0.3 is 20.5 Å². The normalized spacial score (nSPS) is 23.6. The molecular weight excluding hydrogens is 438 g/mol. The molecule has 2 aliphatic rings. The molecule has 1 unspecified atom stereocenters. The summed E-state index contributed by atoms with van der Waals surface area (Å²) in [6.07, 6.45) is 10.1. The number of carbonyl (C=O) groups excluding carboxylic acids is 1. The highest BCUT2D eigenvalue weighted by atomic mass is 35.5. The summed E-state index contributed by atoms with van der Waals surface area (Å²) < 4.78 is 0. The molecule has 0 spiro atoms. The Bertz CT molecular complexity index is 1120. The number of rotatable bonds is 6. The van der Waals surface area contributed by atoms with Crippen LogP contribution >= 0.6 is 11.6 Å². The summed E-state index contributed by atoms with van der Waals surface area (Å²) in [7, 11) is 0. The Morgan fingerprint density at radius 3 is 2.73 bits per heavy atom. The minimum Gasteiger partial charge on any atom is -0.367 e. The third kappa shape index (κ3) is 4.96. The number of hydrogen-bond donors (Lipinski definition) is 3. The Morgan fingerprint density at radius 2 is 1.94 bits per heavy atom. The first-order valence-electron chi connectivity index (χ1n) is 11.8. The number of fused-ring (bicyclic) bond motifs is 1. The topological polar surface area (TPSA) is 98.8 Å². The second kappa shape index (κ2) is 9.65. The predicted octanol–water partition coefficient (Wildman–Crippen LogP) is 3.85. The lowest BCUT2D eigenvalue weighted by molar-refractivity contribution is -0.125. The van der Waals surface area contributed by atoms with E-state index in [1.54, 1.807) is 12.4 Å². The number of H-pyrrole nitrogens is 1. The Balaban J connectivity index is 1.19. The van der Waals surface area contributed by atoms with Crippen LogP contribution in [0.1, 0.15) is 39.0 Å². The van der Waals surface area contributed by atoms with Crippen LogP contribution in [0, 0.1) is 5.92 Å². The molecule has 8 nitrogen and oxygen atoms in total. The number of pyridine rings is 1. The standard InChI is InChI=1S/C24H30ClN7O/c1-2-32-10-7-15(14-32)24(33)30-18-5-3-17(4-6-18)29-21-12-16(11-20(25)31-21)19-13-28-23-22(19)26-8-9-27-23/h8-9,11-13,15,17-18H,2-7,10,14H2,1H3,(H,27,28)(H,29,31)(H,30,33)/t15?,17-,18-. The van der Waals surface area contributed by atoms with E-state index >= 15 is 0 Å². The van der Waals surface area contributed by atoms with Crippen molar-refractivity contribution in [3.05, 3.63) is 35.9 Å². The van der Waals surface area contributed by atoms with Gasteiger partial charge in [0.1, 0.15) is 16.5 Å². The number of hydrogen-bond acceptors (Lipinski definition) is 6. The first kappa shape index (κ1) is 22.1. The van der Waals surface area contributed by atoms with Crippen LogP contribution in [-0.4, -0.2) is 62.5 Å². The molecule has 3 aromatic rings. The van der Waals surface area contributed by atoms with Gasteiger partial charge in [-0.15, -0.1) is 0 Å². The molecule has 1 amide bonds. The monoisotopic (exact) mass is 467 g/mol. The van der Waals surface area contributed by atoms with Gasteiger partial charge in [0, 0.05) is 42.8 Å². The smallest absolute Gasteiger partial charge is 0.224 e. The van der Waals surface area contributed by atoms with E-state index in [1.807, 2.05) is 18.3 Å². The molecule has 1 saturated heterocycles. The van der Waals surface area contributed by atoms with Crippen LogP contribution in [-0.2, 0) is 4.79 Å². The first-order chi connectivity index (χ1) is 16.1. The van der Waals surface area contributed by atoms with E-state index in [2.05, 4.69) is 42.4 Å². The van der Waals surface area contributed by atoms with Crippen molar-refractivity contribution in [2.75, 3.05) is 25.0 Å². The van der Waals surface area contributed by atoms with Crippen molar-refractivity contribution in [1.29, 1.82) is 0 Å². The van der Waals surface area contributed by atoms with Gasteiger partial charge in [-0.25, -0.2) is 9.97 Å². The summed E-state index contributed by atoms with van der Waals surface area (Å²) in [5.74, 6) is 1.13. The molecule has 0 radical (unpaired) electrons. The average Bonchev–Trinajstić information content (AvgIpc) is 3.47. The first-order valence-corrected chi connectivity index (χ1v) is 12.2. The highest BCUT2D eigenvalue weighted by molar-refractivity contribution is 6.29. The second-order valence-electron chi connectivity index (χ2n) is 9.10. The number of nitrogens with one attached hydrogen (secondary N) is 3. The lowest BCUT2D eigenvalue weighted by Gasteiger charge is -2.30. The lowest BCUT2D eigenvalue weighted by atomic mass is 9.90. The molecule has 1 aliphatic carbocycles. The molecule has 1 atom stereocenters. The molecule has 3 N–H and O–H groups in total. The lowest BCUT2D eigenvalue weighted by Crippen LogP contribution is -2.43. The van der Waals surface area contributed by atoms with Crippen LogP contribution in [0.2, 0.25) is 5.15 Å². The fraction of sp³-hybridized carbons (Fsp3) is 0.500. The number of aromatic amines is 1. The van der Waals surface area contributed by atoms with Gasteiger partial charge in [-0.2, -0.15) is 0 Å². The van der Waals surface area contributed by atoms with Crippen LogP contribution in [0.25, 0.3) is 22.3 Å². The summed E-state index contributed by atoms with van der Waals surface area (Å²) in [6, 6.07) is 4.43. The summed E-state index contributed by atoms with van der Waals surface area (Å²) in [6.45, 7) is 5.10. The van der Waals surface area contributed by atoms with E-state index in [0.29, 0.717) is 11.2 Å². The van der Waals surface area contributed by atoms with Crippen molar-refractivity contribution in [2.45, 2.75) is 51.1 Å². The number of likely N-dealkylation sites (tertiary alicyclic amines) is 1. The van der Waals surface area contributed by atoms with Gasteiger partial charge in [-0.1, -0.05) is 18.5 Å². The maximum absolute atomic E-state index is 12.6. The number of anilines is 1. The average molecular weight is 468 g/mol. The van der Waals surface area contributed by atoms with Gasteiger partial charge in [-0.3, -0.25) is 9.78 Å². The van der Waals surface area contributed by atoms with Crippen LogP contribution in [0.15, 0.2) is 30.7 Å². The number of amides is 1. The van der Waals surface area contributed by atoms with Crippen molar-refractivity contribution in [3.8, 4) is 11.1 Å². The molecule has 0 bridgehead atoms. The highest BCUT2D eigenvalue weighted by Gasteiger charge is 2.30. The maximum Gasteiger partial charge on any atom is 0.224 e. The zero-order valence-corrected chi connectivity index (χ0v) is 19.6. The molecule has 2 fully saturated rings. The van der Waals surface area contributed by atoms with Crippen LogP contribution in [0.3, 0.4) is 0 Å². The highest BCUT2D eigenvalue weighted by Crippen LogP contribution is 2.31. The van der Waals surface area contributed by atoms with E-state index in [1.165, 1.54) is 0 Å². The van der Waals surface area contributed by atoms with E-state index < -0.39 is 0 Å². The quantitative estimate of drug-likeness (QED) is 0.476. The molecule has 0 aromatic carbocycles. The van der Waals surface area contributed by atoms with Gasteiger partial charge in [0.05, 0.1) is 5.92 Å². The molecule has 174 valence electrons. The fourth-order valence-corrected chi connectivity index (χ4v) is 5.25. The Kier molecular flexibility index (Phi) is 6.46. The molecule has 9 heteroatoms. The maximum atomic E-state index is 12.6. The minimum atomic E-state index is 0.143. The number of halogens is 1. The van der Waals surface area contributed by atoms with E-state index in [-0.39, 0.29) is 17.9 Å². The zero-order valence-electron chi connectivity index (χ0n) is 18.9. The number of carbonyl (C=O) groups is 1. The Hall–Kier alpha value is -2.71. The van der Waals surface area contributed by atoms with Gasteiger partial charge in [-0.05, 0) is 62.9 Å². The molecule has 33 heavy (non-hydrogen) atoms. The van der Waals surface area contributed by atoms with E-state index in [4.69, 9.17) is 11.6 Å². The van der Waals surface area contributed by atoms with Crippen LogP contribution in [0.5, 0.6) is 0 Å². The largest absolute Gasteiger partial charge is 0.367 e. The van der Waals surface area contributed by atoms with Gasteiger partial charge >= 0.3 is 0 Å². The summed E-state index contributed by atoms with van der Waals surface area (Å²) >= 11 is 6.35. The van der Waals surface area contributed by atoms with Crippen molar-refractivity contribution >= 4 is 34.5 Å². The minimum absolute atomic E-state index is 0.143. The van der Waals surface area contributed by atoms with E-state index in [0.717, 1.165) is 79.8 Å². The Labute approximate surface area is 198 Å². The molecule has 1 saturated carbocycles. The molecular formula is C24H30ClN7O. The third-order valence-corrected chi connectivity index (χ3v) is 7.12. The van der Waals surface area contributed by atoms with Crippen LogP contribution < -0.4 is 10.6 Å². The summed E-state index contributed by atoms with van der Waals surface area (Å²) in [5, 5.41) is 7.29. The van der Waals surface area contributed by atoms with Gasteiger partial charge in [0.25, 0.3) is 0 Å². The molecule has 5 rings (SSSR count). The van der Waals surface area contributed by atoms with Crippen molar-refractivity contribution in [3.63, 3.8) is 0 Å². The zero-order chi connectivity index (χ0) is 22.8. The molecule has 1 aliphatic heterocycles. The number of aromatic nitrogens is 4. The SMILES string of the molecule is CCN1CCC(C(=O)N[C@H]2CC[C@H](Nc3cc(-c4c[nH]c5nccnc45)cc(Cl)n3)CC2)C1. The van der Waals surface area contributed by atoms with E-state index in [9.17, 15) is 4.79 Å². The Morgan fingerprint density at radius 1 is 1.15 bits per heavy atom. The fourth-order valence-electron chi connectivity index (χ4n) is 5.04. The summed E-state index contributed by atoms with van der Waals surface area (Å²) in [4.78, 5) is 31.4. The van der Waals surface area contributed by atoms with Gasteiger partial charge in [0.2, 0.25) is 5.91 Å². The predicted molar refractivity (Wildman–Crippen MR) is 130 cm³/mol. The molecule has 3 aromatic heterocycles. The third-order valence-electron chi connectivity index (χ3n) is 6.93. The van der Waals surface area contributed by atoms with Crippen molar-refractivity contribution in [2.24, 2.45) is 5.92 Å². The second-order valence-corrected chi connectivity index (χ2v) is 9.49. The van der Waals surface area contributed by atoms with Crippen molar-refractivity contribution in [1.82, 2.24) is 30.2 Å². The number of nitrogens with zero attached hydrogens (tertiary/aromatic N) is 4. The molecule has 4 heterocycles. The van der Waals surface area contributed by atoms with Crippen LogP contribution in [0.4, 0.5) is 5.82 Å².